The average molecular weight is 452 g/mol. The van der Waals surface area contributed by atoms with Crippen molar-refractivity contribution in [3.63, 3.8) is 0 Å². The molecule has 0 aliphatic carbocycles. The SMILES string of the molecule is COC(=O)Cn1c(=NC(=O)c2ccc(S(=O)(=O)N(C)C)cc2)sc2cc(F)ccc21. The van der Waals surface area contributed by atoms with E-state index >= 15 is 0 Å². The molecule has 0 aliphatic rings. The second kappa shape index (κ2) is 8.46. The van der Waals surface area contributed by atoms with Crippen LogP contribution in [0.25, 0.3) is 10.2 Å². The predicted molar refractivity (Wildman–Crippen MR) is 109 cm³/mol. The van der Waals surface area contributed by atoms with Crippen molar-refractivity contribution in [2.45, 2.75) is 11.4 Å². The summed E-state index contributed by atoms with van der Waals surface area (Å²) in [7, 11) is 0.440. The van der Waals surface area contributed by atoms with Crippen molar-refractivity contribution < 1.29 is 27.1 Å². The van der Waals surface area contributed by atoms with Crippen LogP contribution in [-0.4, -0.2) is 50.4 Å². The molecule has 0 saturated heterocycles. The lowest BCUT2D eigenvalue weighted by molar-refractivity contribution is -0.141. The van der Waals surface area contributed by atoms with Crippen molar-refractivity contribution in [3.05, 3.63) is 58.6 Å². The minimum atomic E-state index is -3.62. The number of rotatable bonds is 5. The summed E-state index contributed by atoms with van der Waals surface area (Å²) in [4.78, 5) is 28.7. The molecule has 3 rings (SSSR count). The lowest BCUT2D eigenvalue weighted by Crippen LogP contribution is -2.23. The van der Waals surface area contributed by atoms with Crippen LogP contribution >= 0.6 is 11.3 Å². The predicted octanol–water partition coefficient (Wildman–Crippen LogP) is 2.01. The zero-order valence-electron chi connectivity index (χ0n) is 16.3. The zero-order valence-corrected chi connectivity index (χ0v) is 18.0. The Morgan fingerprint density at radius 1 is 1.17 bits per heavy atom. The largest absolute Gasteiger partial charge is 0.468 e. The van der Waals surface area contributed by atoms with Gasteiger partial charge < -0.3 is 9.30 Å². The van der Waals surface area contributed by atoms with Gasteiger partial charge in [-0.05, 0) is 42.5 Å². The molecule has 0 unspecified atom stereocenters. The molecule has 1 heterocycles. The quantitative estimate of drug-likeness (QED) is 0.553. The molecule has 2 aromatic carbocycles. The first-order valence-electron chi connectivity index (χ1n) is 8.61. The Morgan fingerprint density at radius 3 is 2.43 bits per heavy atom. The molecular weight excluding hydrogens is 433 g/mol. The van der Waals surface area contributed by atoms with Crippen LogP contribution < -0.4 is 4.80 Å². The Balaban J connectivity index is 2.04. The number of thiazole rings is 1. The fourth-order valence-electron chi connectivity index (χ4n) is 2.61. The topological polar surface area (TPSA) is 98.0 Å². The standard InChI is InChI=1S/C19H18FN3O5S2/c1-22(2)30(26,27)14-7-4-12(5-8-14)18(25)21-19-23(11-17(24)28-3)15-9-6-13(20)10-16(15)29-19/h4-10H,11H2,1-3H3. The molecule has 1 amide bonds. The number of halogens is 1. The molecule has 3 aromatic rings. The van der Waals surface area contributed by atoms with Crippen molar-refractivity contribution in [3.8, 4) is 0 Å². The van der Waals surface area contributed by atoms with Gasteiger partial charge in [0.05, 0.1) is 22.2 Å². The molecule has 0 radical (unpaired) electrons. The third kappa shape index (κ3) is 4.32. The number of carbonyl (C=O) groups excluding carboxylic acids is 2. The Labute approximate surface area is 175 Å². The lowest BCUT2D eigenvalue weighted by Gasteiger charge is -2.11. The fourth-order valence-corrected chi connectivity index (χ4v) is 4.56. The highest BCUT2D eigenvalue weighted by atomic mass is 32.2. The summed E-state index contributed by atoms with van der Waals surface area (Å²) in [5.74, 6) is -1.63. The molecular formula is C19H18FN3O5S2. The van der Waals surface area contributed by atoms with E-state index in [1.54, 1.807) is 0 Å². The first-order chi connectivity index (χ1) is 14.1. The molecule has 8 nitrogen and oxygen atoms in total. The number of benzene rings is 2. The van der Waals surface area contributed by atoms with Crippen molar-refractivity contribution >= 4 is 43.5 Å². The van der Waals surface area contributed by atoms with Gasteiger partial charge >= 0.3 is 5.97 Å². The Kier molecular flexibility index (Phi) is 6.15. The van der Waals surface area contributed by atoms with E-state index in [-0.39, 0.29) is 21.8 Å². The molecule has 11 heteroatoms. The van der Waals surface area contributed by atoms with Crippen LogP contribution in [0.5, 0.6) is 0 Å². The van der Waals surface area contributed by atoms with Gasteiger partial charge in [-0.15, -0.1) is 0 Å². The molecule has 0 saturated carbocycles. The monoisotopic (exact) mass is 451 g/mol. The number of methoxy groups -OCH3 is 1. The normalized spacial score (nSPS) is 12.5. The summed E-state index contributed by atoms with van der Waals surface area (Å²) in [6.45, 7) is -0.200. The van der Waals surface area contributed by atoms with Gasteiger partial charge in [-0.2, -0.15) is 4.99 Å². The second-order valence-corrected chi connectivity index (χ2v) is 9.55. The molecule has 1 aromatic heterocycles. The van der Waals surface area contributed by atoms with Crippen molar-refractivity contribution in [2.75, 3.05) is 21.2 Å². The number of aromatic nitrogens is 1. The maximum absolute atomic E-state index is 13.6. The smallest absolute Gasteiger partial charge is 0.325 e. The van der Waals surface area contributed by atoms with Crippen LogP contribution in [0, 0.1) is 5.82 Å². The highest BCUT2D eigenvalue weighted by Gasteiger charge is 2.18. The average Bonchev–Trinajstić information content (AvgIpc) is 3.03. The van der Waals surface area contributed by atoms with Crippen LogP contribution in [-0.2, 0) is 26.1 Å². The Hall–Kier alpha value is -2.89. The van der Waals surface area contributed by atoms with Gasteiger partial charge in [0, 0.05) is 19.7 Å². The number of esters is 1. The maximum atomic E-state index is 13.6. The van der Waals surface area contributed by atoms with Gasteiger partial charge in [-0.1, -0.05) is 11.3 Å². The highest BCUT2D eigenvalue weighted by Crippen LogP contribution is 2.19. The fraction of sp³-hybridized carbons (Fsp3) is 0.211. The van der Waals surface area contributed by atoms with E-state index in [9.17, 15) is 22.4 Å². The van der Waals surface area contributed by atoms with Gasteiger partial charge in [-0.3, -0.25) is 9.59 Å². The van der Waals surface area contributed by atoms with Crippen molar-refractivity contribution in [1.82, 2.24) is 8.87 Å². The van der Waals surface area contributed by atoms with Gasteiger partial charge in [0.15, 0.2) is 4.80 Å². The molecule has 0 bridgehead atoms. The van der Waals surface area contributed by atoms with Gasteiger partial charge in [0.25, 0.3) is 5.91 Å². The van der Waals surface area contributed by atoms with E-state index in [1.165, 1.54) is 68.2 Å². The lowest BCUT2D eigenvalue weighted by atomic mass is 10.2. The number of carbonyl (C=O) groups is 2. The number of hydrogen-bond acceptors (Lipinski definition) is 6. The van der Waals surface area contributed by atoms with E-state index in [0.29, 0.717) is 10.2 Å². The minimum Gasteiger partial charge on any atom is -0.468 e. The third-order valence-corrected chi connectivity index (χ3v) is 7.11. The van der Waals surface area contributed by atoms with Crippen molar-refractivity contribution in [1.29, 1.82) is 0 Å². The first-order valence-corrected chi connectivity index (χ1v) is 10.9. The maximum Gasteiger partial charge on any atom is 0.325 e. The number of nitrogens with zero attached hydrogens (tertiary/aromatic N) is 3. The highest BCUT2D eigenvalue weighted by molar-refractivity contribution is 7.89. The molecule has 30 heavy (non-hydrogen) atoms. The van der Waals surface area contributed by atoms with Crippen LogP contribution in [0.4, 0.5) is 4.39 Å². The molecule has 0 N–H and O–H groups in total. The van der Waals surface area contributed by atoms with E-state index in [0.717, 1.165) is 15.6 Å². The summed E-state index contributed by atoms with van der Waals surface area (Å²) in [6, 6.07) is 9.40. The second-order valence-electron chi connectivity index (χ2n) is 6.39. The minimum absolute atomic E-state index is 0.0437. The van der Waals surface area contributed by atoms with Gasteiger partial charge in [0.2, 0.25) is 10.0 Å². The van der Waals surface area contributed by atoms with Crippen LogP contribution in [0.3, 0.4) is 0 Å². The number of hydrogen-bond donors (Lipinski definition) is 0. The van der Waals surface area contributed by atoms with Crippen LogP contribution in [0.1, 0.15) is 10.4 Å². The van der Waals surface area contributed by atoms with Crippen LogP contribution in [0.2, 0.25) is 0 Å². The number of amides is 1. The molecule has 0 spiro atoms. The first kappa shape index (κ1) is 21.8. The molecule has 0 fully saturated rings. The van der Waals surface area contributed by atoms with E-state index in [4.69, 9.17) is 0 Å². The van der Waals surface area contributed by atoms with Crippen LogP contribution in [0.15, 0.2) is 52.4 Å². The molecule has 0 atom stereocenters. The summed E-state index contributed by atoms with van der Waals surface area (Å²) in [6.07, 6.45) is 0. The molecule has 158 valence electrons. The van der Waals surface area contributed by atoms with E-state index in [1.807, 2.05) is 0 Å². The number of fused-ring (bicyclic) bond motifs is 1. The Morgan fingerprint density at radius 2 is 1.83 bits per heavy atom. The number of sulfonamides is 1. The summed E-state index contributed by atoms with van der Waals surface area (Å²) in [5.41, 5.74) is 0.701. The summed E-state index contributed by atoms with van der Waals surface area (Å²) < 4.78 is 45.6. The third-order valence-electron chi connectivity index (χ3n) is 4.24. The van der Waals surface area contributed by atoms with Crippen molar-refractivity contribution in [2.24, 2.45) is 4.99 Å². The Bertz CT molecular complexity index is 1290. The van der Waals surface area contributed by atoms with Gasteiger partial charge in [0.1, 0.15) is 12.4 Å². The van der Waals surface area contributed by atoms with E-state index in [2.05, 4.69) is 9.73 Å². The van der Waals surface area contributed by atoms with E-state index < -0.39 is 27.7 Å². The summed E-state index contributed by atoms with van der Waals surface area (Å²) >= 11 is 1.05. The molecule has 0 aliphatic heterocycles. The zero-order chi connectivity index (χ0) is 22.1. The van der Waals surface area contributed by atoms with Gasteiger partial charge in [-0.25, -0.2) is 17.1 Å². The summed E-state index contributed by atoms with van der Waals surface area (Å²) in [5, 5.41) is 0. The number of ether oxygens (including phenoxy) is 1.